The van der Waals surface area contributed by atoms with Crippen LogP contribution >= 0.6 is 0 Å². The van der Waals surface area contributed by atoms with Gasteiger partial charge >= 0.3 is 5.97 Å². The van der Waals surface area contributed by atoms with Crippen molar-refractivity contribution in [2.24, 2.45) is 0 Å². The number of phenols is 1. The second-order valence-electron chi connectivity index (χ2n) is 5.68. The molecule has 0 aromatic heterocycles. The Morgan fingerprint density at radius 3 is 2.17 bits per heavy atom. The molecule has 23 heavy (non-hydrogen) atoms. The summed E-state index contributed by atoms with van der Waals surface area (Å²) in [7, 11) is 3.66. The van der Waals surface area contributed by atoms with E-state index in [0.29, 0.717) is 5.69 Å². The highest BCUT2D eigenvalue weighted by Crippen LogP contribution is 2.30. The highest BCUT2D eigenvalue weighted by molar-refractivity contribution is 5.96. The quantitative estimate of drug-likeness (QED) is 0.768. The van der Waals surface area contributed by atoms with E-state index in [1.807, 2.05) is 50.5 Å². The zero-order valence-electron chi connectivity index (χ0n) is 12.9. The Kier molecular flexibility index (Phi) is 3.66. The van der Waals surface area contributed by atoms with Crippen LogP contribution in [0, 0.1) is 0 Å². The number of hydrogen-bond acceptors (Lipinski definition) is 3. The lowest BCUT2D eigenvalue weighted by molar-refractivity contribution is 0.0697. The van der Waals surface area contributed by atoms with Crippen molar-refractivity contribution in [1.29, 1.82) is 0 Å². The molecule has 0 saturated carbocycles. The number of phenolic OH excluding ortho intramolecular Hbond substituents is 1. The number of anilines is 1. The SMILES string of the molecule is CN(C)c1cc(-c2ccc3cc(O)ccc3c2)ccc1C(=O)O. The first kappa shape index (κ1) is 14.9. The van der Waals surface area contributed by atoms with Crippen molar-refractivity contribution in [2.45, 2.75) is 0 Å². The van der Waals surface area contributed by atoms with Crippen molar-refractivity contribution in [3.8, 4) is 16.9 Å². The van der Waals surface area contributed by atoms with Gasteiger partial charge in [0.15, 0.2) is 0 Å². The van der Waals surface area contributed by atoms with Crippen molar-refractivity contribution in [2.75, 3.05) is 19.0 Å². The highest BCUT2D eigenvalue weighted by Gasteiger charge is 2.13. The van der Waals surface area contributed by atoms with E-state index in [2.05, 4.69) is 0 Å². The van der Waals surface area contributed by atoms with E-state index in [1.165, 1.54) is 0 Å². The first-order valence-corrected chi connectivity index (χ1v) is 7.23. The molecule has 0 radical (unpaired) electrons. The predicted molar refractivity (Wildman–Crippen MR) is 92.3 cm³/mol. The second kappa shape index (κ2) is 5.65. The molecule has 0 atom stereocenters. The Morgan fingerprint density at radius 2 is 1.48 bits per heavy atom. The number of benzene rings is 3. The van der Waals surface area contributed by atoms with E-state index in [4.69, 9.17) is 0 Å². The number of carboxylic acid groups (broad SMARTS) is 1. The number of carboxylic acids is 1. The minimum absolute atomic E-state index is 0.242. The van der Waals surface area contributed by atoms with Gasteiger partial charge in [0.2, 0.25) is 0 Å². The number of aromatic carboxylic acids is 1. The van der Waals surface area contributed by atoms with E-state index in [-0.39, 0.29) is 11.3 Å². The minimum atomic E-state index is -0.936. The number of aromatic hydroxyl groups is 1. The summed E-state index contributed by atoms with van der Waals surface area (Å²) in [5.41, 5.74) is 2.90. The summed E-state index contributed by atoms with van der Waals surface area (Å²) < 4.78 is 0. The zero-order chi connectivity index (χ0) is 16.6. The van der Waals surface area contributed by atoms with E-state index < -0.39 is 5.97 Å². The molecule has 2 N–H and O–H groups in total. The predicted octanol–water partition coefficient (Wildman–Crippen LogP) is 3.98. The van der Waals surface area contributed by atoms with Crippen molar-refractivity contribution in [3.05, 3.63) is 60.2 Å². The largest absolute Gasteiger partial charge is 0.508 e. The number of fused-ring (bicyclic) bond motifs is 1. The van der Waals surface area contributed by atoms with Crippen LogP contribution in [0.3, 0.4) is 0 Å². The van der Waals surface area contributed by atoms with Crippen LogP contribution in [0.1, 0.15) is 10.4 Å². The molecule has 0 aliphatic rings. The molecule has 0 aliphatic heterocycles. The van der Waals surface area contributed by atoms with Gasteiger partial charge in [0.25, 0.3) is 0 Å². The van der Waals surface area contributed by atoms with E-state index in [9.17, 15) is 15.0 Å². The van der Waals surface area contributed by atoms with Gasteiger partial charge in [-0.1, -0.05) is 24.3 Å². The van der Waals surface area contributed by atoms with Gasteiger partial charge in [-0.2, -0.15) is 0 Å². The van der Waals surface area contributed by atoms with Crippen LogP contribution in [0.5, 0.6) is 5.75 Å². The summed E-state index contributed by atoms with van der Waals surface area (Å²) in [6.07, 6.45) is 0. The molecule has 3 aromatic rings. The Hall–Kier alpha value is -3.01. The third-order valence-corrected chi connectivity index (χ3v) is 3.87. The maximum Gasteiger partial charge on any atom is 0.337 e. The monoisotopic (exact) mass is 307 g/mol. The van der Waals surface area contributed by atoms with Crippen LogP contribution in [-0.4, -0.2) is 30.3 Å². The van der Waals surface area contributed by atoms with Crippen molar-refractivity contribution in [1.82, 2.24) is 0 Å². The van der Waals surface area contributed by atoms with Gasteiger partial charge in [-0.15, -0.1) is 0 Å². The fraction of sp³-hybridized carbons (Fsp3) is 0.105. The molecule has 3 aromatic carbocycles. The summed E-state index contributed by atoms with van der Waals surface area (Å²) in [6.45, 7) is 0. The number of hydrogen-bond donors (Lipinski definition) is 2. The van der Waals surface area contributed by atoms with E-state index in [0.717, 1.165) is 21.9 Å². The molecule has 0 heterocycles. The third kappa shape index (κ3) is 2.83. The average Bonchev–Trinajstić information content (AvgIpc) is 2.53. The van der Waals surface area contributed by atoms with Crippen LogP contribution in [0.2, 0.25) is 0 Å². The Bertz CT molecular complexity index is 900. The van der Waals surface area contributed by atoms with Gasteiger partial charge in [0.1, 0.15) is 5.75 Å². The van der Waals surface area contributed by atoms with Gasteiger partial charge in [-0.3, -0.25) is 0 Å². The van der Waals surface area contributed by atoms with Crippen LogP contribution in [0.25, 0.3) is 21.9 Å². The molecule has 0 bridgehead atoms. The standard InChI is InChI=1S/C19H17NO3/c1-20(2)18-11-15(6-8-17(18)19(22)23)12-3-4-14-10-16(21)7-5-13(14)9-12/h3-11,21H,1-2H3,(H,22,23). The Balaban J connectivity index is 2.13. The Labute approximate surface area is 134 Å². The van der Waals surface area contributed by atoms with E-state index >= 15 is 0 Å². The van der Waals surface area contributed by atoms with Crippen LogP contribution < -0.4 is 4.90 Å². The Morgan fingerprint density at radius 1 is 0.870 bits per heavy atom. The molecule has 3 rings (SSSR count). The number of carbonyl (C=O) groups is 1. The fourth-order valence-corrected chi connectivity index (χ4v) is 2.67. The summed E-state index contributed by atoms with van der Waals surface area (Å²) in [5, 5.41) is 20.8. The van der Waals surface area contributed by atoms with Gasteiger partial charge in [0, 0.05) is 14.1 Å². The van der Waals surface area contributed by atoms with E-state index in [1.54, 1.807) is 23.1 Å². The average molecular weight is 307 g/mol. The molecule has 116 valence electrons. The zero-order valence-corrected chi connectivity index (χ0v) is 12.9. The molecular weight excluding hydrogens is 290 g/mol. The normalized spacial score (nSPS) is 10.7. The number of nitrogens with zero attached hydrogens (tertiary/aromatic N) is 1. The van der Waals surface area contributed by atoms with Crippen molar-refractivity contribution in [3.63, 3.8) is 0 Å². The fourth-order valence-electron chi connectivity index (χ4n) is 2.67. The highest BCUT2D eigenvalue weighted by atomic mass is 16.4. The lowest BCUT2D eigenvalue weighted by Crippen LogP contribution is -2.13. The molecule has 0 amide bonds. The molecule has 0 saturated heterocycles. The molecule has 0 fully saturated rings. The van der Waals surface area contributed by atoms with Crippen LogP contribution in [-0.2, 0) is 0 Å². The van der Waals surface area contributed by atoms with Crippen molar-refractivity contribution < 1.29 is 15.0 Å². The van der Waals surface area contributed by atoms with Gasteiger partial charge < -0.3 is 15.1 Å². The van der Waals surface area contributed by atoms with Crippen LogP contribution in [0.4, 0.5) is 5.69 Å². The minimum Gasteiger partial charge on any atom is -0.508 e. The molecular formula is C19H17NO3. The van der Waals surface area contributed by atoms with Crippen LogP contribution in [0.15, 0.2) is 54.6 Å². The summed E-state index contributed by atoms with van der Waals surface area (Å²) in [4.78, 5) is 13.1. The second-order valence-corrected chi connectivity index (χ2v) is 5.68. The maximum absolute atomic E-state index is 11.3. The van der Waals surface area contributed by atoms with Gasteiger partial charge in [-0.05, 0) is 52.2 Å². The smallest absolute Gasteiger partial charge is 0.337 e. The maximum atomic E-state index is 11.3. The first-order chi connectivity index (χ1) is 11.0. The first-order valence-electron chi connectivity index (χ1n) is 7.23. The van der Waals surface area contributed by atoms with Gasteiger partial charge in [0.05, 0.1) is 11.3 Å². The van der Waals surface area contributed by atoms with Gasteiger partial charge in [-0.25, -0.2) is 4.79 Å². The topological polar surface area (TPSA) is 60.8 Å². The molecule has 0 unspecified atom stereocenters. The molecule has 4 nitrogen and oxygen atoms in total. The molecule has 0 spiro atoms. The summed E-state index contributed by atoms with van der Waals surface area (Å²) in [6, 6.07) is 16.5. The molecule has 0 aliphatic carbocycles. The molecule has 4 heteroatoms. The lowest BCUT2D eigenvalue weighted by atomic mass is 9.99. The number of rotatable bonds is 3. The lowest BCUT2D eigenvalue weighted by Gasteiger charge is -2.17. The summed E-state index contributed by atoms with van der Waals surface area (Å²) >= 11 is 0. The summed E-state index contributed by atoms with van der Waals surface area (Å²) in [5.74, 6) is -0.694. The van der Waals surface area contributed by atoms with Crippen molar-refractivity contribution >= 4 is 22.4 Å². The third-order valence-electron chi connectivity index (χ3n) is 3.87.